The summed E-state index contributed by atoms with van der Waals surface area (Å²) >= 11 is 6.16. The smallest absolute Gasteiger partial charge is 0.306 e. The van der Waals surface area contributed by atoms with Crippen LogP contribution in [0.2, 0.25) is 5.02 Å². The number of carbonyl (C=O) groups excluding carboxylic acids is 1. The Bertz CT molecular complexity index is 760. The molecule has 0 saturated carbocycles. The number of halogens is 1. The first-order valence-electron chi connectivity index (χ1n) is 7.37. The van der Waals surface area contributed by atoms with Gasteiger partial charge in [-0.15, -0.1) is 0 Å². The number of aliphatic carboxylic acids is 1. The second-order valence-electron chi connectivity index (χ2n) is 5.35. The number of aromatic nitrogens is 1. The lowest BCUT2D eigenvalue weighted by Crippen LogP contribution is -2.46. The van der Waals surface area contributed by atoms with Crippen LogP contribution in [0.1, 0.15) is 16.9 Å². The Labute approximate surface area is 142 Å². The molecule has 2 heterocycles. The Kier molecular flexibility index (Phi) is 4.82. The standard InChI is InChI=1S/C16H15ClN2O5/c17-12-4-2-1-3-11(12)15-14(18-9-24-15)16(22)19-5-6-23-10(8-19)7-13(20)21/h1-4,9-10H,5-8H2,(H,20,21)/t10-/m1/s1. The third-order valence-electron chi connectivity index (χ3n) is 3.72. The first-order valence-corrected chi connectivity index (χ1v) is 7.75. The normalized spacial score (nSPS) is 17.7. The van der Waals surface area contributed by atoms with Crippen molar-refractivity contribution in [3.63, 3.8) is 0 Å². The molecule has 1 saturated heterocycles. The van der Waals surface area contributed by atoms with E-state index >= 15 is 0 Å². The molecule has 2 aromatic rings. The summed E-state index contributed by atoms with van der Waals surface area (Å²) in [6.45, 7) is 0.840. The Morgan fingerprint density at radius 3 is 2.92 bits per heavy atom. The number of carboxylic acids is 1. The molecule has 8 heteroatoms. The topological polar surface area (TPSA) is 92.9 Å². The van der Waals surface area contributed by atoms with Crippen LogP contribution in [0.25, 0.3) is 11.3 Å². The van der Waals surface area contributed by atoms with E-state index in [9.17, 15) is 9.59 Å². The van der Waals surface area contributed by atoms with Gasteiger partial charge in [-0.25, -0.2) is 4.98 Å². The Hall–Kier alpha value is -2.38. The van der Waals surface area contributed by atoms with Gasteiger partial charge in [-0.2, -0.15) is 0 Å². The highest BCUT2D eigenvalue weighted by Crippen LogP contribution is 2.30. The molecular formula is C16H15ClN2O5. The molecule has 24 heavy (non-hydrogen) atoms. The number of benzene rings is 1. The fraction of sp³-hybridized carbons (Fsp3) is 0.312. The van der Waals surface area contributed by atoms with Crippen molar-refractivity contribution in [3.05, 3.63) is 41.4 Å². The van der Waals surface area contributed by atoms with Gasteiger partial charge in [0.25, 0.3) is 5.91 Å². The summed E-state index contributed by atoms with van der Waals surface area (Å²) in [6, 6.07) is 7.01. The largest absolute Gasteiger partial charge is 0.481 e. The molecule has 0 spiro atoms. The van der Waals surface area contributed by atoms with E-state index in [1.165, 1.54) is 11.3 Å². The number of nitrogens with zero attached hydrogens (tertiary/aromatic N) is 2. The minimum Gasteiger partial charge on any atom is -0.481 e. The predicted octanol–water partition coefficient (Wildman–Crippen LogP) is 2.31. The van der Waals surface area contributed by atoms with E-state index in [4.69, 9.17) is 25.9 Å². The summed E-state index contributed by atoms with van der Waals surface area (Å²) in [7, 11) is 0. The van der Waals surface area contributed by atoms with Crippen LogP contribution in [0.5, 0.6) is 0 Å². The molecular weight excluding hydrogens is 336 g/mol. The molecule has 1 aromatic carbocycles. The van der Waals surface area contributed by atoms with Crippen molar-refractivity contribution >= 4 is 23.5 Å². The molecule has 1 aromatic heterocycles. The van der Waals surface area contributed by atoms with Crippen molar-refractivity contribution in [2.75, 3.05) is 19.7 Å². The summed E-state index contributed by atoms with van der Waals surface area (Å²) in [5, 5.41) is 9.33. The third kappa shape index (κ3) is 3.42. The van der Waals surface area contributed by atoms with E-state index in [1.54, 1.807) is 24.3 Å². The molecule has 3 rings (SSSR count). The Morgan fingerprint density at radius 2 is 2.17 bits per heavy atom. The van der Waals surface area contributed by atoms with Crippen LogP contribution in [0.4, 0.5) is 0 Å². The lowest BCUT2D eigenvalue weighted by molar-refractivity contribution is -0.141. The van der Waals surface area contributed by atoms with Crippen molar-refractivity contribution < 1.29 is 23.8 Å². The van der Waals surface area contributed by atoms with E-state index in [2.05, 4.69) is 4.98 Å². The van der Waals surface area contributed by atoms with Crippen LogP contribution in [0, 0.1) is 0 Å². The maximum atomic E-state index is 12.8. The number of ether oxygens (including phenoxy) is 1. The fourth-order valence-electron chi connectivity index (χ4n) is 2.61. The third-order valence-corrected chi connectivity index (χ3v) is 4.05. The molecule has 1 aliphatic rings. The van der Waals surface area contributed by atoms with E-state index in [0.29, 0.717) is 22.9 Å². The van der Waals surface area contributed by atoms with Crippen LogP contribution in [0.15, 0.2) is 35.1 Å². The van der Waals surface area contributed by atoms with Gasteiger partial charge in [-0.1, -0.05) is 23.7 Å². The van der Waals surface area contributed by atoms with Gasteiger partial charge in [0.1, 0.15) is 0 Å². The molecule has 1 fully saturated rings. The molecule has 7 nitrogen and oxygen atoms in total. The molecule has 1 N–H and O–H groups in total. The molecule has 0 bridgehead atoms. The highest BCUT2D eigenvalue weighted by Gasteiger charge is 2.30. The molecule has 0 unspecified atom stereocenters. The van der Waals surface area contributed by atoms with Gasteiger partial charge in [0.15, 0.2) is 17.8 Å². The van der Waals surface area contributed by atoms with Gasteiger partial charge < -0.3 is 19.2 Å². The zero-order valence-electron chi connectivity index (χ0n) is 12.6. The van der Waals surface area contributed by atoms with Gasteiger partial charge in [0.05, 0.1) is 24.2 Å². The van der Waals surface area contributed by atoms with Crippen molar-refractivity contribution in [1.29, 1.82) is 0 Å². The van der Waals surface area contributed by atoms with Gasteiger partial charge in [0.2, 0.25) is 0 Å². The van der Waals surface area contributed by atoms with E-state index in [0.717, 1.165) is 0 Å². The molecule has 0 aliphatic carbocycles. The number of carbonyl (C=O) groups is 2. The van der Waals surface area contributed by atoms with Crippen LogP contribution in [-0.4, -0.2) is 52.7 Å². The second kappa shape index (κ2) is 7.02. The Balaban J connectivity index is 1.83. The fourth-order valence-corrected chi connectivity index (χ4v) is 2.83. The van der Waals surface area contributed by atoms with E-state index < -0.39 is 12.1 Å². The lowest BCUT2D eigenvalue weighted by atomic mass is 10.1. The Morgan fingerprint density at radius 1 is 1.38 bits per heavy atom. The van der Waals surface area contributed by atoms with Crippen LogP contribution in [0.3, 0.4) is 0 Å². The highest BCUT2D eigenvalue weighted by atomic mass is 35.5. The van der Waals surface area contributed by atoms with Crippen molar-refractivity contribution in [2.45, 2.75) is 12.5 Å². The van der Waals surface area contributed by atoms with Gasteiger partial charge >= 0.3 is 5.97 Å². The maximum absolute atomic E-state index is 12.8. The summed E-state index contributed by atoms with van der Waals surface area (Å²) < 4.78 is 10.7. The van der Waals surface area contributed by atoms with Crippen molar-refractivity contribution in [2.24, 2.45) is 0 Å². The number of morpholine rings is 1. The van der Waals surface area contributed by atoms with Crippen molar-refractivity contribution in [3.8, 4) is 11.3 Å². The number of amides is 1. The zero-order chi connectivity index (χ0) is 17.1. The monoisotopic (exact) mass is 350 g/mol. The molecule has 1 atom stereocenters. The summed E-state index contributed by atoms with van der Waals surface area (Å²) in [5.41, 5.74) is 0.731. The summed E-state index contributed by atoms with van der Waals surface area (Å²) in [5.74, 6) is -1.00. The first kappa shape index (κ1) is 16.5. The average molecular weight is 351 g/mol. The van der Waals surface area contributed by atoms with Crippen LogP contribution in [-0.2, 0) is 9.53 Å². The summed E-state index contributed by atoms with van der Waals surface area (Å²) in [4.78, 5) is 29.1. The first-order chi connectivity index (χ1) is 11.6. The van der Waals surface area contributed by atoms with Crippen molar-refractivity contribution in [1.82, 2.24) is 9.88 Å². The highest BCUT2D eigenvalue weighted by molar-refractivity contribution is 6.33. The SMILES string of the molecule is O=C(O)C[C@@H]1CN(C(=O)c2ncoc2-c2ccccc2Cl)CCO1. The number of hydrogen-bond donors (Lipinski definition) is 1. The van der Waals surface area contributed by atoms with Gasteiger partial charge in [0, 0.05) is 18.7 Å². The van der Waals surface area contributed by atoms with E-state index in [-0.39, 0.29) is 31.2 Å². The minimum absolute atomic E-state index is 0.152. The number of hydrogen-bond acceptors (Lipinski definition) is 5. The van der Waals surface area contributed by atoms with Crippen LogP contribution >= 0.6 is 11.6 Å². The van der Waals surface area contributed by atoms with Gasteiger partial charge in [-0.3, -0.25) is 9.59 Å². The van der Waals surface area contributed by atoms with E-state index in [1.807, 2.05) is 0 Å². The molecule has 0 radical (unpaired) electrons. The average Bonchev–Trinajstić information content (AvgIpc) is 3.03. The van der Waals surface area contributed by atoms with Gasteiger partial charge in [-0.05, 0) is 12.1 Å². The van der Waals surface area contributed by atoms with Crippen LogP contribution < -0.4 is 0 Å². The number of rotatable bonds is 4. The number of oxazole rings is 1. The lowest BCUT2D eigenvalue weighted by Gasteiger charge is -2.31. The second-order valence-corrected chi connectivity index (χ2v) is 5.76. The molecule has 126 valence electrons. The predicted molar refractivity (Wildman–Crippen MR) is 84.8 cm³/mol. The molecule has 1 aliphatic heterocycles. The molecule has 1 amide bonds. The quantitative estimate of drug-likeness (QED) is 0.909. The maximum Gasteiger partial charge on any atom is 0.306 e. The number of carboxylic acid groups (broad SMARTS) is 1. The minimum atomic E-state index is -0.965. The summed E-state index contributed by atoms with van der Waals surface area (Å²) in [6.07, 6.45) is 0.511. The zero-order valence-corrected chi connectivity index (χ0v) is 13.4.